The number of aromatic nitrogens is 4. The molecule has 9 nitrogen and oxygen atoms in total. The molecule has 178 valence electrons. The average molecular weight is 509 g/mol. The number of nitrogens with zero attached hydrogens (tertiary/aromatic N) is 4. The normalized spacial score (nSPS) is 17.4. The summed E-state index contributed by atoms with van der Waals surface area (Å²) in [7, 11) is -3.32. The SMILES string of the molecule is Cc1ccc(O)c(C)c1-c1cnc2[nH]c(-c3cnc([C@H]4CNCCS4(=O)=O)nc3)c(Cl)c2c1C#N. The Balaban J connectivity index is 1.62. The Morgan fingerprint density at radius 1 is 1.17 bits per heavy atom. The summed E-state index contributed by atoms with van der Waals surface area (Å²) >= 11 is 6.75. The summed E-state index contributed by atoms with van der Waals surface area (Å²) in [5, 5.41) is 23.3. The molecule has 0 radical (unpaired) electrons. The number of fused-ring (bicyclic) bond motifs is 1. The fourth-order valence-electron chi connectivity index (χ4n) is 4.48. The third-order valence-corrected chi connectivity index (χ3v) is 8.76. The molecular formula is C24H21ClN6O3S. The Kier molecular flexibility index (Phi) is 5.71. The number of hydrogen-bond donors (Lipinski definition) is 3. The van der Waals surface area contributed by atoms with Gasteiger partial charge in [0.1, 0.15) is 28.5 Å². The maximum atomic E-state index is 12.4. The fraction of sp³-hybridized carbons (Fsp3) is 0.250. The smallest absolute Gasteiger partial charge is 0.162 e. The van der Waals surface area contributed by atoms with Crippen LogP contribution in [-0.4, -0.2) is 52.3 Å². The van der Waals surface area contributed by atoms with E-state index in [0.29, 0.717) is 45.5 Å². The first-order valence-electron chi connectivity index (χ1n) is 10.9. The van der Waals surface area contributed by atoms with Crippen LogP contribution < -0.4 is 5.32 Å². The minimum absolute atomic E-state index is 0.0414. The van der Waals surface area contributed by atoms with E-state index in [2.05, 4.69) is 31.3 Å². The van der Waals surface area contributed by atoms with Crippen molar-refractivity contribution < 1.29 is 13.5 Å². The minimum Gasteiger partial charge on any atom is -0.508 e. The van der Waals surface area contributed by atoms with Gasteiger partial charge in [-0.15, -0.1) is 0 Å². The standard InChI is InChI=1S/C24H21ClN6O3S/c1-12-3-4-17(32)13(2)19(12)16-10-30-24-20(15(16)7-26)21(25)22(31-24)14-8-28-23(29-9-14)18-11-27-5-6-35(18,33)34/h3-4,8-10,18,27,32H,5-6,11H2,1-2H3,(H,30,31)/t18-/m1/s1. The Hall–Kier alpha value is -3.52. The van der Waals surface area contributed by atoms with Gasteiger partial charge in [0.25, 0.3) is 0 Å². The molecule has 0 aliphatic carbocycles. The van der Waals surface area contributed by atoms with E-state index in [0.717, 1.165) is 11.1 Å². The van der Waals surface area contributed by atoms with Crippen LogP contribution in [0.3, 0.4) is 0 Å². The van der Waals surface area contributed by atoms with Crippen LogP contribution in [0.1, 0.15) is 27.8 Å². The number of nitriles is 1. The third-order valence-electron chi connectivity index (χ3n) is 6.36. The van der Waals surface area contributed by atoms with Gasteiger partial charge in [-0.1, -0.05) is 17.7 Å². The van der Waals surface area contributed by atoms with Crippen LogP contribution in [0.5, 0.6) is 5.75 Å². The molecule has 0 saturated carbocycles. The molecule has 1 aliphatic rings. The van der Waals surface area contributed by atoms with Crippen molar-refractivity contribution in [2.45, 2.75) is 19.1 Å². The first-order valence-corrected chi connectivity index (χ1v) is 13.0. The molecule has 0 bridgehead atoms. The number of aromatic hydroxyl groups is 1. The second-order valence-corrected chi connectivity index (χ2v) is 11.2. The number of rotatable bonds is 3. The van der Waals surface area contributed by atoms with Gasteiger partial charge in [-0.2, -0.15) is 5.26 Å². The zero-order valence-corrected chi connectivity index (χ0v) is 20.5. The van der Waals surface area contributed by atoms with Gasteiger partial charge in [0.2, 0.25) is 0 Å². The molecule has 0 amide bonds. The molecule has 1 aromatic carbocycles. The van der Waals surface area contributed by atoms with Crippen LogP contribution >= 0.6 is 11.6 Å². The molecule has 1 aliphatic heterocycles. The monoisotopic (exact) mass is 508 g/mol. The molecule has 3 N–H and O–H groups in total. The number of H-pyrrole nitrogens is 1. The summed E-state index contributed by atoms with van der Waals surface area (Å²) < 4.78 is 24.8. The van der Waals surface area contributed by atoms with Gasteiger partial charge in [0.15, 0.2) is 9.84 Å². The summed E-state index contributed by atoms with van der Waals surface area (Å²) in [4.78, 5) is 16.2. The van der Waals surface area contributed by atoms with Crippen LogP contribution in [-0.2, 0) is 9.84 Å². The Morgan fingerprint density at radius 3 is 2.60 bits per heavy atom. The van der Waals surface area contributed by atoms with E-state index in [1.165, 1.54) is 12.4 Å². The van der Waals surface area contributed by atoms with E-state index in [1.54, 1.807) is 25.3 Å². The lowest BCUT2D eigenvalue weighted by Gasteiger charge is -2.21. The van der Waals surface area contributed by atoms with E-state index >= 15 is 0 Å². The molecule has 11 heteroatoms. The highest BCUT2D eigenvalue weighted by molar-refractivity contribution is 7.91. The van der Waals surface area contributed by atoms with Gasteiger partial charge in [0.05, 0.1) is 27.4 Å². The first-order chi connectivity index (χ1) is 16.7. The van der Waals surface area contributed by atoms with Gasteiger partial charge in [-0.25, -0.2) is 23.4 Å². The lowest BCUT2D eigenvalue weighted by molar-refractivity contribution is 0.471. The molecule has 3 aromatic heterocycles. The topological polar surface area (TPSA) is 145 Å². The lowest BCUT2D eigenvalue weighted by atomic mass is 9.92. The highest BCUT2D eigenvalue weighted by atomic mass is 35.5. The molecule has 0 unspecified atom stereocenters. The van der Waals surface area contributed by atoms with E-state index in [4.69, 9.17) is 11.6 Å². The summed E-state index contributed by atoms with van der Waals surface area (Å²) in [6, 6.07) is 5.65. The highest BCUT2D eigenvalue weighted by Crippen LogP contribution is 2.41. The molecule has 4 heterocycles. The number of nitrogens with one attached hydrogen (secondary N) is 2. The van der Waals surface area contributed by atoms with E-state index in [9.17, 15) is 18.8 Å². The molecule has 35 heavy (non-hydrogen) atoms. The van der Waals surface area contributed by atoms with Crippen LogP contribution in [0.25, 0.3) is 33.4 Å². The van der Waals surface area contributed by atoms with Gasteiger partial charge >= 0.3 is 0 Å². The Bertz CT molecular complexity index is 1620. The summed E-state index contributed by atoms with van der Waals surface area (Å²) in [6.45, 7) is 4.37. The molecule has 1 saturated heterocycles. The molecule has 4 aromatic rings. The van der Waals surface area contributed by atoms with Crippen molar-refractivity contribution in [1.82, 2.24) is 25.3 Å². The molecule has 1 atom stereocenters. The van der Waals surface area contributed by atoms with Gasteiger partial charge in [-0.05, 0) is 36.6 Å². The minimum atomic E-state index is -3.32. The number of hydrogen-bond acceptors (Lipinski definition) is 8. The third kappa shape index (κ3) is 3.82. The van der Waals surface area contributed by atoms with Crippen molar-refractivity contribution in [3.05, 3.63) is 58.3 Å². The van der Waals surface area contributed by atoms with Crippen molar-refractivity contribution in [2.75, 3.05) is 18.8 Å². The van der Waals surface area contributed by atoms with Crippen LogP contribution in [0.4, 0.5) is 0 Å². The van der Waals surface area contributed by atoms with Crippen molar-refractivity contribution in [3.8, 4) is 34.2 Å². The van der Waals surface area contributed by atoms with E-state index < -0.39 is 15.1 Å². The second-order valence-electron chi connectivity index (χ2n) is 8.49. The Morgan fingerprint density at radius 2 is 1.91 bits per heavy atom. The van der Waals surface area contributed by atoms with Gasteiger partial charge < -0.3 is 15.4 Å². The quantitative estimate of drug-likeness (QED) is 0.380. The van der Waals surface area contributed by atoms with Crippen molar-refractivity contribution in [3.63, 3.8) is 0 Å². The number of phenols is 1. The fourth-order valence-corrected chi connectivity index (χ4v) is 6.34. The summed E-state index contributed by atoms with van der Waals surface area (Å²) in [5.41, 5.74) is 4.59. The number of phenolic OH excluding ortho intramolecular Hbond substituents is 1. The Labute approximate surface area is 206 Å². The number of benzene rings is 1. The first kappa shape index (κ1) is 23.2. The zero-order valence-electron chi connectivity index (χ0n) is 18.9. The molecule has 0 spiro atoms. The molecular weight excluding hydrogens is 488 g/mol. The number of sulfone groups is 1. The second kappa shape index (κ2) is 8.61. The number of aromatic amines is 1. The van der Waals surface area contributed by atoms with Crippen molar-refractivity contribution in [2.24, 2.45) is 0 Å². The predicted octanol–water partition coefficient (Wildman–Crippen LogP) is 3.59. The molecule has 1 fully saturated rings. The van der Waals surface area contributed by atoms with Crippen LogP contribution in [0, 0.1) is 25.2 Å². The number of halogens is 1. The summed E-state index contributed by atoms with van der Waals surface area (Å²) in [5.74, 6) is 0.392. The van der Waals surface area contributed by atoms with Crippen LogP contribution in [0.2, 0.25) is 5.02 Å². The van der Waals surface area contributed by atoms with E-state index in [-0.39, 0.29) is 28.9 Å². The van der Waals surface area contributed by atoms with Crippen molar-refractivity contribution >= 4 is 32.5 Å². The predicted molar refractivity (Wildman–Crippen MR) is 133 cm³/mol. The van der Waals surface area contributed by atoms with E-state index in [1.807, 2.05) is 6.92 Å². The zero-order chi connectivity index (χ0) is 24.9. The van der Waals surface area contributed by atoms with Gasteiger partial charge in [-0.3, -0.25) is 0 Å². The maximum Gasteiger partial charge on any atom is 0.162 e. The largest absolute Gasteiger partial charge is 0.508 e. The average Bonchev–Trinajstić information content (AvgIpc) is 3.18. The number of aryl methyl sites for hydroxylation is 1. The van der Waals surface area contributed by atoms with Gasteiger partial charge in [0, 0.05) is 42.8 Å². The van der Waals surface area contributed by atoms with Crippen LogP contribution in [0.15, 0.2) is 30.7 Å². The highest BCUT2D eigenvalue weighted by Gasteiger charge is 2.32. The van der Waals surface area contributed by atoms with Crippen molar-refractivity contribution in [1.29, 1.82) is 5.26 Å². The summed E-state index contributed by atoms with van der Waals surface area (Å²) in [6.07, 6.45) is 4.62. The molecule has 5 rings (SSSR count). The number of pyridine rings is 1. The maximum absolute atomic E-state index is 12.4. The lowest BCUT2D eigenvalue weighted by Crippen LogP contribution is -2.39.